The number of anilines is 4. The van der Waals surface area contributed by atoms with Crippen LogP contribution in [0.1, 0.15) is 84.1 Å². The molecule has 0 spiro atoms. The molecule has 0 saturated carbocycles. The van der Waals surface area contributed by atoms with Crippen LogP contribution in [0.15, 0.2) is 118 Å². The number of carbonyl (C=O) groups is 6. The van der Waals surface area contributed by atoms with Crippen LogP contribution in [-0.4, -0.2) is 60.5 Å². The Morgan fingerprint density at radius 2 is 0.882 bits per heavy atom. The van der Waals surface area contributed by atoms with Crippen LogP contribution in [0.4, 0.5) is 34.1 Å². The Morgan fingerprint density at radius 1 is 0.529 bits per heavy atom. The number of alkyl halides is 2. The van der Waals surface area contributed by atoms with Gasteiger partial charge in [-0.25, -0.2) is 0 Å². The van der Waals surface area contributed by atoms with E-state index < -0.39 is 47.3 Å². The number of carbonyl (C=O) groups excluding carboxylic acids is 6. The fourth-order valence-electron chi connectivity index (χ4n) is 6.22. The van der Waals surface area contributed by atoms with E-state index in [1.165, 1.54) is 48.5 Å². The zero-order valence-corrected chi connectivity index (χ0v) is 40.6. The molecule has 16 nitrogen and oxygen atoms in total. The molecule has 0 aromatic heterocycles. The highest BCUT2D eigenvalue weighted by molar-refractivity contribution is 6.37. The predicted octanol–water partition coefficient (Wildman–Crippen LogP) is 12.3. The van der Waals surface area contributed by atoms with Crippen LogP contribution < -0.4 is 30.7 Å². The number of halogens is 4. The number of nitrogens with zero attached hydrogens (tertiary/aromatic N) is 4. The fourth-order valence-corrected chi connectivity index (χ4v) is 7.01. The van der Waals surface area contributed by atoms with Crippen molar-refractivity contribution in [3.8, 4) is 11.5 Å². The Balaban J connectivity index is 1.33. The maximum absolute atomic E-state index is 13.7. The first kappa shape index (κ1) is 52.3. The van der Waals surface area contributed by atoms with Gasteiger partial charge in [0.15, 0.2) is 23.1 Å². The van der Waals surface area contributed by atoms with Gasteiger partial charge in [-0.2, -0.15) is 20.5 Å². The quantitative estimate of drug-likeness (QED) is 0.0333. The number of amides is 4. The molecule has 5 aromatic carbocycles. The molecule has 4 amide bonds. The predicted molar refractivity (Wildman–Crippen MR) is 264 cm³/mol. The summed E-state index contributed by atoms with van der Waals surface area (Å²) < 4.78 is 11.8. The van der Waals surface area contributed by atoms with Crippen molar-refractivity contribution in [3.05, 3.63) is 129 Å². The summed E-state index contributed by atoms with van der Waals surface area (Å²) in [4.78, 5) is 79.3. The fraction of sp³-hybridized carbons (Fsp3) is 0.250. The van der Waals surface area contributed by atoms with E-state index in [4.69, 9.17) is 55.9 Å². The number of nitrogens with one attached hydrogen (secondary N) is 4. The van der Waals surface area contributed by atoms with Crippen LogP contribution in [0.5, 0.6) is 11.5 Å². The number of ketones is 2. The molecule has 0 radical (unpaired) electrons. The molecule has 4 unspecified atom stereocenters. The number of hydrogen-bond donors (Lipinski definition) is 4. The molecule has 5 aromatic rings. The van der Waals surface area contributed by atoms with Crippen LogP contribution >= 0.6 is 46.4 Å². The van der Waals surface area contributed by atoms with E-state index in [9.17, 15) is 28.8 Å². The maximum atomic E-state index is 13.7. The van der Waals surface area contributed by atoms with Crippen LogP contribution in [0.2, 0.25) is 10.0 Å². The second kappa shape index (κ2) is 24.3. The summed E-state index contributed by atoms with van der Waals surface area (Å²) in [5.74, 6) is -4.30. The van der Waals surface area contributed by atoms with E-state index in [-0.39, 0.29) is 79.4 Å². The number of Topliss-reactive ketones (excluding diaryl/α,β-unsaturated/α-hetero) is 2. The number of ether oxygens (including phenoxy) is 2. The minimum Gasteiger partial charge on any atom is -0.488 e. The summed E-state index contributed by atoms with van der Waals surface area (Å²) in [6.07, 6.45) is 0. The summed E-state index contributed by atoms with van der Waals surface area (Å²) in [5, 5.41) is 26.3. The first-order chi connectivity index (χ1) is 32.4. The normalized spacial score (nSPS) is 13.0. The Labute approximate surface area is 412 Å². The highest BCUT2D eigenvalue weighted by atomic mass is 35.5. The van der Waals surface area contributed by atoms with E-state index in [1.807, 2.05) is 13.8 Å². The largest absolute Gasteiger partial charge is 0.488 e. The molecule has 0 heterocycles. The number of benzene rings is 5. The van der Waals surface area contributed by atoms with Crippen molar-refractivity contribution in [2.75, 3.05) is 34.5 Å². The molecule has 4 atom stereocenters. The molecule has 0 fully saturated rings. The number of hydrogen-bond acceptors (Lipinski definition) is 12. The van der Waals surface area contributed by atoms with Gasteiger partial charge in [-0.3, -0.25) is 28.8 Å². The summed E-state index contributed by atoms with van der Waals surface area (Å²) >= 11 is 25.4. The lowest BCUT2D eigenvalue weighted by Crippen LogP contribution is -2.32. The van der Waals surface area contributed by atoms with Gasteiger partial charge in [-0.05, 0) is 113 Å². The van der Waals surface area contributed by atoms with Crippen molar-refractivity contribution >= 4 is 116 Å². The standard InChI is InChI=1S/C48H46Cl4N8O8/c1-7-67-43-37(55-47(65)41(27(5)61)59-57-35-13-9-11-33(39(35)51)45(63)53-31-19-15-29(16-20-31)25(3)49)23-24-38(44(43)68-8-2)56-48(66)42(28(6)62)60-58-36-14-10-12-34(40(36)52)46(64)54-32-21-17-30(18-22-32)26(4)50/h9-26,41-42H,7-8H2,1-6H3,(H,53,63)(H,54,64)(H,55,65)(H,56,66). The van der Waals surface area contributed by atoms with E-state index in [2.05, 4.69) is 41.7 Å². The van der Waals surface area contributed by atoms with Crippen molar-refractivity contribution in [2.24, 2.45) is 20.5 Å². The van der Waals surface area contributed by atoms with Crippen LogP contribution in [-0.2, 0) is 19.2 Å². The average Bonchev–Trinajstić information content (AvgIpc) is 3.29. The third kappa shape index (κ3) is 13.5. The molecule has 0 aliphatic carbocycles. The summed E-state index contributed by atoms with van der Waals surface area (Å²) in [5.41, 5.74) is 2.97. The highest BCUT2D eigenvalue weighted by Crippen LogP contribution is 2.42. The third-order valence-corrected chi connectivity index (χ3v) is 11.0. The zero-order valence-electron chi connectivity index (χ0n) is 37.5. The molecular weight excluding hydrogens is 958 g/mol. The zero-order chi connectivity index (χ0) is 49.7. The van der Waals surface area contributed by atoms with Gasteiger partial charge in [0.2, 0.25) is 12.1 Å². The van der Waals surface area contributed by atoms with Crippen molar-refractivity contribution in [3.63, 3.8) is 0 Å². The molecule has 354 valence electrons. The third-order valence-electron chi connectivity index (χ3n) is 9.74. The molecule has 4 N–H and O–H groups in total. The first-order valence-corrected chi connectivity index (χ1v) is 22.6. The second-order valence-electron chi connectivity index (χ2n) is 14.8. The van der Waals surface area contributed by atoms with Crippen molar-refractivity contribution in [1.29, 1.82) is 0 Å². The van der Waals surface area contributed by atoms with E-state index in [0.29, 0.717) is 11.4 Å². The van der Waals surface area contributed by atoms with Crippen LogP contribution in [0.3, 0.4) is 0 Å². The molecule has 5 rings (SSSR count). The van der Waals surface area contributed by atoms with Crippen LogP contribution in [0, 0.1) is 0 Å². The Kier molecular flexibility index (Phi) is 18.7. The molecule has 0 saturated heterocycles. The summed E-state index contributed by atoms with van der Waals surface area (Å²) in [6.45, 7) is 9.43. The Hall–Kier alpha value is -6.72. The lowest BCUT2D eigenvalue weighted by Gasteiger charge is -2.20. The monoisotopic (exact) mass is 1000 g/mol. The van der Waals surface area contributed by atoms with Crippen molar-refractivity contribution in [1.82, 2.24) is 0 Å². The van der Waals surface area contributed by atoms with Gasteiger partial charge >= 0.3 is 0 Å². The lowest BCUT2D eigenvalue weighted by molar-refractivity contribution is -0.127. The minimum atomic E-state index is -1.68. The molecule has 0 aliphatic rings. The van der Waals surface area contributed by atoms with Gasteiger partial charge in [0.05, 0.1) is 56.5 Å². The van der Waals surface area contributed by atoms with E-state index >= 15 is 0 Å². The van der Waals surface area contributed by atoms with Gasteiger partial charge in [0, 0.05) is 11.4 Å². The van der Waals surface area contributed by atoms with Gasteiger partial charge in [-0.15, -0.1) is 23.2 Å². The Bertz CT molecular complexity index is 2560. The SMILES string of the molecule is CCOc1c(NC(=O)C(N=Nc2cccc(C(=O)Nc3ccc(C(C)Cl)cc3)c2Cl)C(C)=O)ccc(NC(=O)C(N=Nc2cccc(C(=O)Nc3ccc(C(C)Cl)cc3)c2Cl)C(C)=O)c1OCC. The van der Waals surface area contributed by atoms with E-state index in [1.54, 1.807) is 62.4 Å². The first-order valence-electron chi connectivity index (χ1n) is 21.0. The molecule has 68 heavy (non-hydrogen) atoms. The van der Waals surface area contributed by atoms with E-state index in [0.717, 1.165) is 25.0 Å². The Morgan fingerprint density at radius 3 is 1.19 bits per heavy atom. The van der Waals surface area contributed by atoms with Gasteiger partial charge in [0.1, 0.15) is 11.4 Å². The van der Waals surface area contributed by atoms with Crippen molar-refractivity contribution < 1.29 is 38.2 Å². The number of rotatable bonds is 20. The second-order valence-corrected chi connectivity index (χ2v) is 16.8. The maximum Gasteiger partial charge on any atom is 0.258 e. The molecule has 0 aliphatic heterocycles. The average molecular weight is 1000 g/mol. The molecular formula is C48H46Cl4N8O8. The topological polar surface area (TPSA) is 218 Å². The highest BCUT2D eigenvalue weighted by Gasteiger charge is 2.29. The van der Waals surface area contributed by atoms with Gasteiger partial charge in [-0.1, -0.05) is 59.6 Å². The lowest BCUT2D eigenvalue weighted by atomic mass is 10.1. The van der Waals surface area contributed by atoms with Crippen molar-refractivity contribution in [2.45, 2.75) is 64.4 Å². The molecule has 20 heteroatoms. The molecule has 0 bridgehead atoms. The number of azo groups is 2. The minimum absolute atomic E-state index is 0.0152. The summed E-state index contributed by atoms with van der Waals surface area (Å²) in [6, 6.07) is 22.2. The van der Waals surface area contributed by atoms with Gasteiger partial charge in [0.25, 0.3) is 23.6 Å². The van der Waals surface area contributed by atoms with Gasteiger partial charge < -0.3 is 30.7 Å². The smallest absolute Gasteiger partial charge is 0.258 e. The van der Waals surface area contributed by atoms with Crippen LogP contribution in [0.25, 0.3) is 0 Å². The summed E-state index contributed by atoms with van der Waals surface area (Å²) in [7, 11) is 0.